The van der Waals surface area contributed by atoms with Gasteiger partial charge in [-0.3, -0.25) is 4.79 Å². The summed E-state index contributed by atoms with van der Waals surface area (Å²) in [4.78, 5) is 27.7. The third-order valence-corrected chi connectivity index (χ3v) is 4.44. The molecular formula is C13H22N2O3. The molecule has 1 atom stereocenters. The number of piperidine rings is 1. The Kier molecular flexibility index (Phi) is 3.61. The Bertz CT molecular complexity index is 350. The molecule has 5 nitrogen and oxygen atoms in total. The van der Waals surface area contributed by atoms with E-state index in [9.17, 15) is 14.7 Å². The number of carboxylic acid groups (broad SMARTS) is 1. The van der Waals surface area contributed by atoms with Crippen LogP contribution >= 0.6 is 0 Å². The highest BCUT2D eigenvalue weighted by Gasteiger charge is 2.47. The van der Waals surface area contributed by atoms with Crippen molar-refractivity contribution in [2.24, 2.45) is 5.92 Å². The van der Waals surface area contributed by atoms with E-state index < -0.39 is 11.5 Å². The van der Waals surface area contributed by atoms with Gasteiger partial charge in [0, 0.05) is 12.5 Å². The standard InChI is InChI=1S/C13H22N2O3/c1-13(12(17)18)6-3-7-15(13)11(16)10-4-8-14(2)9-5-10/h10H,3-9H2,1-2H3,(H,17,18). The molecule has 2 aliphatic heterocycles. The number of carbonyl (C=O) groups excluding carboxylic acids is 1. The first-order chi connectivity index (χ1) is 8.45. The molecule has 0 aromatic heterocycles. The second kappa shape index (κ2) is 4.88. The summed E-state index contributed by atoms with van der Waals surface area (Å²) in [6.07, 6.45) is 3.06. The van der Waals surface area contributed by atoms with E-state index in [1.165, 1.54) is 0 Å². The Morgan fingerprint density at radius 2 is 1.83 bits per heavy atom. The number of rotatable bonds is 2. The highest BCUT2D eigenvalue weighted by Crippen LogP contribution is 2.32. The Labute approximate surface area is 108 Å². The molecule has 0 bridgehead atoms. The lowest BCUT2D eigenvalue weighted by atomic mass is 9.92. The minimum absolute atomic E-state index is 0.0120. The molecule has 0 radical (unpaired) electrons. The Morgan fingerprint density at radius 1 is 1.22 bits per heavy atom. The van der Waals surface area contributed by atoms with Crippen LogP contribution in [0.15, 0.2) is 0 Å². The molecule has 0 aliphatic carbocycles. The van der Waals surface area contributed by atoms with Crippen molar-refractivity contribution in [3.8, 4) is 0 Å². The minimum Gasteiger partial charge on any atom is -0.480 e. The number of hydrogen-bond donors (Lipinski definition) is 1. The first-order valence-electron chi connectivity index (χ1n) is 6.68. The zero-order valence-corrected chi connectivity index (χ0v) is 11.2. The summed E-state index contributed by atoms with van der Waals surface area (Å²) in [5.41, 5.74) is -0.986. The summed E-state index contributed by atoms with van der Waals surface area (Å²) in [6, 6.07) is 0. The van der Waals surface area contributed by atoms with Crippen LogP contribution < -0.4 is 0 Å². The van der Waals surface area contributed by atoms with E-state index in [0.717, 1.165) is 32.4 Å². The molecule has 2 rings (SSSR count). The topological polar surface area (TPSA) is 60.9 Å². The second-order valence-corrected chi connectivity index (χ2v) is 5.75. The molecule has 1 N–H and O–H groups in total. The minimum atomic E-state index is -0.986. The van der Waals surface area contributed by atoms with Gasteiger partial charge in [0.1, 0.15) is 5.54 Å². The SMILES string of the molecule is CN1CCC(C(=O)N2CCCC2(C)C(=O)O)CC1. The van der Waals surface area contributed by atoms with Gasteiger partial charge in [0.15, 0.2) is 0 Å². The van der Waals surface area contributed by atoms with Crippen molar-refractivity contribution in [3.63, 3.8) is 0 Å². The van der Waals surface area contributed by atoms with E-state index in [2.05, 4.69) is 11.9 Å². The quantitative estimate of drug-likeness (QED) is 0.791. The van der Waals surface area contributed by atoms with Gasteiger partial charge in [0.05, 0.1) is 0 Å². The number of aliphatic carboxylic acids is 1. The van der Waals surface area contributed by atoms with Gasteiger partial charge in [-0.25, -0.2) is 4.79 Å². The predicted molar refractivity (Wildman–Crippen MR) is 67.2 cm³/mol. The van der Waals surface area contributed by atoms with Gasteiger partial charge in [-0.05, 0) is 52.7 Å². The highest BCUT2D eigenvalue weighted by molar-refractivity contribution is 5.88. The smallest absolute Gasteiger partial charge is 0.329 e. The van der Waals surface area contributed by atoms with E-state index in [1.807, 2.05) is 0 Å². The van der Waals surface area contributed by atoms with Crippen LogP contribution in [0, 0.1) is 5.92 Å². The van der Waals surface area contributed by atoms with Gasteiger partial charge >= 0.3 is 5.97 Å². The third-order valence-electron chi connectivity index (χ3n) is 4.44. The lowest BCUT2D eigenvalue weighted by Crippen LogP contribution is -2.53. The maximum absolute atomic E-state index is 12.5. The number of amides is 1. The zero-order chi connectivity index (χ0) is 13.3. The van der Waals surface area contributed by atoms with E-state index in [1.54, 1.807) is 11.8 Å². The number of carboxylic acids is 1. The summed E-state index contributed by atoms with van der Waals surface area (Å²) in [6.45, 7) is 4.12. The molecule has 0 spiro atoms. The number of nitrogens with zero attached hydrogens (tertiary/aromatic N) is 2. The van der Waals surface area contributed by atoms with Crippen molar-refractivity contribution in [2.45, 2.75) is 38.1 Å². The van der Waals surface area contributed by atoms with E-state index in [0.29, 0.717) is 13.0 Å². The molecule has 0 aromatic carbocycles. The van der Waals surface area contributed by atoms with Crippen molar-refractivity contribution < 1.29 is 14.7 Å². The summed E-state index contributed by atoms with van der Waals surface area (Å²) >= 11 is 0. The fraction of sp³-hybridized carbons (Fsp3) is 0.846. The lowest BCUT2D eigenvalue weighted by molar-refractivity contribution is -0.157. The molecule has 102 valence electrons. The lowest BCUT2D eigenvalue weighted by Gasteiger charge is -2.36. The average molecular weight is 254 g/mol. The Hall–Kier alpha value is -1.10. The largest absolute Gasteiger partial charge is 0.480 e. The first kappa shape index (κ1) is 13.3. The summed E-state index contributed by atoms with van der Waals surface area (Å²) in [7, 11) is 2.05. The van der Waals surface area contributed by atoms with Gasteiger partial charge in [0.2, 0.25) is 5.91 Å². The highest BCUT2D eigenvalue weighted by atomic mass is 16.4. The Balaban J connectivity index is 2.06. The molecule has 2 fully saturated rings. The van der Waals surface area contributed by atoms with Crippen LogP contribution in [0.4, 0.5) is 0 Å². The number of hydrogen-bond acceptors (Lipinski definition) is 3. The monoisotopic (exact) mass is 254 g/mol. The van der Waals surface area contributed by atoms with Gasteiger partial charge in [-0.15, -0.1) is 0 Å². The predicted octanol–water partition coefficient (Wildman–Crippen LogP) is 0.794. The summed E-state index contributed by atoms with van der Waals surface area (Å²) in [5, 5.41) is 9.33. The van der Waals surface area contributed by atoms with Gasteiger partial charge in [-0.2, -0.15) is 0 Å². The number of carbonyl (C=O) groups is 2. The van der Waals surface area contributed by atoms with Crippen LogP contribution in [0.3, 0.4) is 0 Å². The van der Waals surface area contributed by atoms with Crippen molar-refractivity contribution in [1.29, 1.82) is 0 Å². The number of likely N-dealkylation sites (tertiary alicyclic amines) is 2. The zero-order valence-electron chi connectivity index (χ0n) is 11.2. The molecule has 2 aliphatic rings. The maximum atomic E-state index is 12.5. The van der Waals surface area contributed by atoms with Crippen molar-refractivity contribution >= 4 is 11.9 Å². The van der Waals surface area contributed by atoms with Gasteiger partial charge < -0.3 is 14.9 Å². The Morgan fingerprint density at radius 3 is 2.39 bits per heavy atom. The van der Waals surface area contributed by atoms with Crippen molar-refractivity contribution in [2.75, 3.05) is 26.7 Å². The summed E-state index contributed by atoms with van der Waals surface area (Å²) in [5.74, 6) is -0.815. The molecule has 0 aromatic rings. The summed E-state index contributed by atoms with van der Waals surface area (Å²) < 4.78 is 0. The molecule has 5 heteroatoms. The van der Waals surface area contributed by atoms with Crippen molar-refractivity contribution in [3.05, 3.63) is 0 Å². The molecular weight excluding hydrogens is 232 g/mol. The fourth-order valence-corrected chi connectivity index (χ4v) is 3.01. The van der Waals surface area contributed by atoms with Crippen LogP contribution in [-0.4, -0.2) is 59.0 Å². The van der Waals surface area contributed by atoms with Crippen LogP contribution in [0.25, 0.3) is 0 Å². The van der Waals surface area contributed by atoms with E-state index in [4.69, 9.17) is 0 Å². The third kappa shape index (κ3) is 2.23. The second-order valence-electron chi connectivity index (χ2n) is 5.75. The van der Waals surface area contributed by atoms with Crippen LogP contribution in [0.5, 0.6) is 0 Å². The fourth-order valence-electron chi connectivity index (χ4n) is 3.01. The van der Waals surface area contributed by atoms with E-state index >= 15 is 0 Å². The molecule has 1 amide bonds. The first-order valence-corrected chi connectivity index (χ1v) is 6.68. The van der Waals surface area contributed by atoms with Crippen LogP contribution in [-0.2, 0) is 9.59 Å². The molecule has 2 heterocycles. The molecule has 0 saturated carbocycles. The molecule has 1 unspecified atom stereocenters. The normalized spacial score (nSPS) is 30.7. The molecule has 18 heavy (non-hydrogen) atoms. The molecule has 2 saturated heterocycles. The maximum Gasteiger partial charge on any atom is 0.329 e. The van der Waals surface area contributed by atoms with E-state index in [-0.39, 0.29) is 11.8 Å². The average Bonchev–Trinajstić information content (AvgIpc) is 2.73. The van der Waals surface area contributed by atoms with Gasteiger partial charge in [0.25, 0.3) is 0 Å². The van der Waals surface area contributed by atoms with Gasteiger partial charge in [-0.1, -0.05) is 0 Å². The van der Waals surface area contributed by atoms with Crippen molar-refractivity contribution in [1.82, 2.24) is 9.80 Å². The van der Waals surface area contributed by atoms with Crippen LogP contribution in [0.2, 0.25) is 0 Å². The van der Waals surface area contributed by atoms with Crippen LogP contribution in [0.1, 0.15) is 32.6 Å².